The van der Waals surface area contributed by atoms with Crippen LogP contribution in [0.1, 0.15) is 5.69 Å². The molecule has 1 aromatic heterocycles. The van der Waals surface area contributed by atoms with E-state index in [1.54, 1.807) is 0 Å². The molecule has 10 heteroatoms. The van der Waals surface area contributed by atoms with Crippen LogP contribution in [0, 0.1) is 0 Å². The summed E-state index contributed by atoms with van der Waals surface area (Å²) < 4.78 is 1.03. The average Bonchev–Trinajstić information content (AvgIpc) is 1.97. The van der Waals surface area contributed by atoms with Gasteiger partial charge >= 0.3 is 3.98 Å². The number of rotatable bonds is 1. The number of aromatic nitrogens is 2. The molecule has 16 heavy (non-hydrogen) atoms. The molecule has 0 amide bonds. The van der Waals surface area contributed by atoms with Gasteiger partial charge in [0.2, 0.25) is 15.0 Å². The Morgan fingerprint density at radius 3 is 2.00 bits per heavy atom. The smallest absolute Gasteiger partial charge is 0.339 e. The number of ether oxygens (including phenoxy) is 1. The van der Waals surface area contributed by atoms with Crippen molar-refractivity contribution < 1.29 is 4.74 Å². The topological polar surface area (TPSA) is 35.0 Å². The molecule has 0 fully saturated rings. The van der Waals surface area contributed by atoms with E-state index < -0.39 is 7.77 Å². The first-order valence-electron chi connectivity index (χ1n) is 3.45. The fourth-order valence-corrected chi connectivity index (χ4v) is 1.41. The lowest BCUT2D eigenvalue weighted by Gasteiger charge is -2.15. The molecule has 0 saturated carbocycles. The summed E-state index contributed by atoms with van der Waals surface area (Å²) >= 11 is 38.6. The van der Waals surface area contributed by atoms with E-state index in [0.29, 0.717) is 0 Å². The second-order valence-electron chi connectivity index (χ2n) is 2.41. The minimum absolute atomic E-state index is 0.00162. The quantitative estimate of drug-likeness (QED) is 0.536. The Labute approximate surface area is 126 Å². The highest BCUT2D eigenvalue weighted by Gasteiger charge is 2.29. The molecule has 1 rings (SSSR count). The van der Waals surface area contributed by atoms with Crippen LogP contribution in [-0.4, -0.2) is 13.9 Å². The largest absolute Gasteiger partial charge is 0.428 e. The summed E-state index contributed by atoms with van der Waals surface area (Å²) in [6.07, 6.45) is 0. The maximum atomic E-state index is 5.60. The van der Waals surface area contributed by atoms with Crippen molar-refractivity contribution in [3.8, 4) is 5.88 Å². The molecular weight excluding hydrogens is 364 g/mol. The van der Waals surface area contributed by atoms with Crippen LogP contribution in [0.5, 0.6) is 5.88 Å². The van der Waals surface area contributed by atoms with E-state index in [1.807, 2.05) is 0 Å². The summed E-state index contributed by atoms with van der Waals surface area (Å²) in [5.41, 5.74) is 0.00162. The van der Waals surface area contributed by atoms with E-state index in [1.165, 1.54) is 6.07 Å². The minimum atomic E-state index is -2.00. The lowest BCUT2D eigenvalue weighted by molar-refractivity contribution is 0.306. The molecule has 1 heterocycles. The predicted molar refractivity (Wildman–Crippen MR) is 67.2 cm³/mol. The van der Waals surface area contributed by atoms with Crippen LogP contribution in [0.4, 0.5) is 0 Å². The van der Waals surface area contributed by atoms with Crippen LogP contribution in [0.2, 0.25) is 5.28 Å². The fourth-order valence-electron chi connectivity index (χ4n) is 0.713. The van der Waals surface area contributed by atoms with E-state index in [0.717, 1.165) is 0 Å². The summed E-state index contributed by atoms with van der Waals surface area (Å²) in [5.74, 6) is -0.124. The zero-order chi connectivity index (χ0) is 12.6. The van der Waals surface area contributed by atoms with Gasteiger partial charge in [0.05, 0.1) is 0 Å². The molecule has 0 spiro atoms. The second-order valence-corrected chi connectivity index (χ2v) is 7.20. The monoisotopic (exact) mass is 362 g/mol. The van der Waals surface area contributed by atoms with Gasteiger partial charge in [0, 0.05) is 6.07 Å². The zero-order valence-electron chi connectivity index (χ0n) is 7.03. The molecule has 0 aliphatic carbocycles. The van der Waals surface area contributed by atoms with Crippen molar-refractivity contribution in [2.24, 2.45) is 0 Å². The molecule has 0 N–H and O–H groups in total. The van der Waals surface area contributed by atoms with Crippen LogP contribution >= 0.6 is 81.2 Å². The maximum absolute atomic E-state index is 5.60. The molecule has 0 aromatic carbocycles. The third-order valence-corrected chi connectivity index (χ3v) is 2.17. The number of hydrogen-bond acceptors (Lipinski definition) is 3. The molecule has 0 atom stereocenters. The molecule has 3 nitrogen and oxygen atoms in total. The van der Waals surface area contributed by atoms with E-state index >= 15 is 0 Å². The summed E-state index contributed by atoms with van der Waals surface area (Å²) in [6.45, 7) is 0. The highest BCUT2D eigenvalue weighted by molar-refractivity contribution is 6.67. The van der Waals surface area contributed by atoms with Gasteiger partial charge in [-0.05, 0) is 46.4 Å². The van der Waals surface area contributed by atoms with Gasteiger partial charge in [-0.3, -0.25) is 0 Å². The SMILES string of the molecule is Clc1nc(OC(Cl)(Cl)Cl)cc(C(Cl)(Cl)Cl)n1. The number of alkyl halides is 6. The van der Waals surface area contributed by atoms with E-state index in [9.17, 15) is 0 Å². The Morgan fingerprint density at radius 1 is 1.00 bits per heavy atom. The van der Waals surface area contributed by atoms with Crippen LogP contribution in [0.25, 0.3) is 0 Å². The summed E-state index contributed by atoms with van der Waals surface area (Å²) in [6, 6.07) is 1.20. The second kappa shape index (κ2) is 5.27. The number of hydrogen-bond donors (Lipinski definition) is 0. The molecule has 0 aliphatic rings. The molecular formula is C6HCl7N2O. The molecule has 0 aliphatic heterocycles. The van der Waals surface area contributed by atoms with Gasteiger partial charge in [0.1, 0.15) is 5.69 Å². The van der Waals surface area contributed by atoms with Crippen LogP contribution in [-0.2, 0) is 3.79 Å². The van der Waals surface area contributed by atoms with Gasteiger partial charge in [0.25, 0.3) is 0 Å². The zero-order valence-corrected chi connectivity index (χ0v) is 12.3. The lowest BCUT2D eigenvalue weighted by Crippen LogP contribution is -2.15. The summed E-state index contributed by atoms with van der Waals surface area (Å²) in [7, 11) is 0. The summed E-state index contributed by atoms with van der Waals surface area (Å²) in [5, 5.41) is -0.201. The third kappa shape index (κ3) is 5.05. The molecule has 1 aromatic rings. The standard InChI is InChI=1S/C6HCl7N2O/c7-4-14-2(5(8,9)10)1-3(15-4)16-6(11,12)13/h1H. The Hall–Kier alpha value is 0.910. The molecule has 0 saturated heterocycles. The Balaban J connectivity index is 3.09. The Bertz CT molecular complexity index is 385. The van der Waals surface area contributed by atoms with Gasteiger partial charge in [-0.15, -0.1) is 0 Å². The van der Waals surface area contributed by atoms with Crippen molar-refractivity contribution in [2.45, 2.75) is 7.77 Å². The maximum Gasteiger partial charge on any atom is 0.339 e. The van der Waals surface area contributed by atoms with Gasteiger partial charge < -0.3 is 4.74 Å². The normalized spacial score (nSPS) is 12.7. The highest BCUT2D eigenvalue weighted by Crippen LogP contribution is 2.39. The van der Waals surface area contributed by atoms with E-state index in [2.05, 4.69) is 9.97 Å². The first-order chi connectivity index (χ1) is 7.08. The molecule has 0 unspecified atom stereocenters. The fraction of sp³-hybridized carbons (Fsp3) is 0.333. The van der Waals surface area contributed by atoms with Crippen LogP contribution in [0.3, 0.4) is 0 Å². The van der Waals surface area contributed by atoms with Gasteiger partial charge in [0.15, 0.2) is 0 Å². The first kappa shape index (κ1) is 15.0. The van der Waals surface area contributed by atoms with Crippen molar-refractivity contribution >= 4 is 81.2 Å². The molecule has 0 radical (unpaired) electrons. The minimum Gasteiger partial charge on any atom is -0.428 e. The van der Waals surface area contributed by atoms with Gasteiger partial charge in [-0.25, -0.2) is 4.98 Å². The molecule has 90 valence electrons. The van der Waals surface area contributed by atoms with Crippen molar-refractivity contribution in [3.05, 3.63) is 17.0 Å². The average molecular weight is 365 g/mol. The van der Waals surface area contributed by atoms with Crippen LogP contribution in [0.15, 0.2) is 6.07 Å². The summed E-state index contributed by atoms with van der Waals surface area (Å²) in [4.78, 5) is 7.32. The van der Waals surface area contributed by atoms with E-state index in [4.69, 9.17) is 85.9 Å². The predicted octanol–water partition coefficient (Wildman–Crippen LogP) is 4.66. The first-order valence-corrected chi connectivity index (χ1v) is 6.10. The molecule has 0 bridgehead atoms. The van der Waals surface area contributed by atoms with Crippen molar-refractivity contribution in [1.29, 1.82) is 0 Å². The van der Waals surface area contributed by atoms with Gasteiger partial charge in [-0.2, -0.15) is 4.98 Å². The van der Waals surface area contributed by atoms with Crippen molar-refractivity contribution in [3.63, 3.8) is 0 Å². The number of halogens is 7. The van der Waals surface area contributed by atoms with Crippen molar-refractivity contribution in [1.82, 2.24) is 9.97 Å². The van der Waals surface area contributed by atoms with Crippen LogP contribution < -0.4 is 4.74 Å². The highest BCUT2D eigenvalue weighted by atomic mass is 35.6. The van der Waals surface area contributed by atoms with Gasteiger partial charge in [-0.1, -0.05) is 34.8 Å². The third-order valence-electron chi connectivity index (χ3n) is 1.19. The van der Waals surface area contributed by atoms with Crippen molar-refractivity contribution in [2.75, 3.05) is 0 Å². The lowest BCUT2D eigenvalue weighted by atomic mass is 10.4. The van der Waals surface area contributed by atoms with E-state index in [-0.39, 0.29) is 16.9 Å². The Morgan fingerprint density at radius 2 is 1.56 bits per heavy atom. The number of nitrogens with zero attached hydrogens (tertiary/aromatic N) is 2. The Kier molecular flexibility index (Phi) is 4.93.